The van der Waals surface area contributed by atoms with Crippen LogP contribution in [0.1, 0.15) is 30.4 Å². The number of thiazole rings is 1. The number of nitrogens with zero attached hydrogens (tertiary/aromatic N) is 2. The maximum absolute atomic E-state index is 12.2. The molecule has 0 aliphatic carbocycles. The number of amides is 1. The van der Waals surface area contributed by atoms with Gasteiger partial charge < -0.3 is 21.3 Å². The lowest BCUT2D eigenvalue weighted by Crippen LogP contribution is -2.32. The molecule has 1 aromatic heterocycles. The third kappa shape index (κ3) is 4.68. The average Bonchev–Trinajstić information content (AvgIpc) is 2.63. The first-order chi connectivity index (χ1) is 8.74. The van der Waals surface area contributed by atoms with Gasteiger partial charge in [0.05, 0.1) is 0 Å². The Morgan fingerprint density at radius 1 is 1.47 bits per heavy atom. The molecule has 0 unspecified atom stereocenters. The van der Waals surface area contributed by atoms with Gasteiger partial charge in [0, 0.05) is 25.7 Å². The van der Waals surface area contributed by atoms with Crippen LogP contribution in [0.3, 0.4) is 0 Å². The first-order valence-electron chi connectivity index (χ1n) is 6.19. The van der Waals surface area contributed by atoms with Crippen molar-refractivity contribution in [3.05, 3.63) is 4.88 Å². The zero-order chi connectivity index (χ0) is 14.6. The van der Waals surface area contributed by atoms with Crippen LogP contribution in [0.15, 0.2) is 0 Å². The lowest BCUT2D eigenvalue weighted by Gasteiger charge is -2.19. The van der Waals surface area contributed by atoms with Crippen LogP contribution in [-0.2, 0) is 0 Å². The minimum Gasteiger partial charge on any atom is -0.382 e. The molecule has 0 spiro atoms. The predicted octanol–water partition coefficient (Wildman–Crippen LogP) is 1.23. The molecule has 0 aliphatic rings. The Morgan fingerprint density at radius 2 is 2.11 bits per heavy atom. The van der Waals surface area contributed by atoms with Gasteiger partial charge in [-0.2, -0.15) is 0 Å². The molecule has 0 bridgehead atoms. The van der Waals surface area contributed by atoms with Crippen LogP contribution in [0.5, 0.6) is 0 Å². The Morgan fingerprint density at radius 3 is 2.63 bits per heavy atom. The summed E-state index contributed by atoms with van der Waals surface area (Å²) < 4.78 is 0. The first kappa shape index (κ1) is 15.7. The summed E-state index contributed by atoms with van der Waals surface area (Å²) in [6.45, 7) is 7.48. The van der Waals surface area contributed by atoms with Crippen molar-refractivity contribution in [2.75, 3.05) is 38.2 Å². The summed E-state index contributed by atoms with van der Waals surface area (Å²) >= 11 is 1.30. The fourth-order valence-electron chi connectivity index (χ4n) is 1.41. The molecule has 0 aromatic carbocycles. The zero-order valence-electron chi connectivity index (χ0n) is 12.2. The molecule has 19 heavy (non-hydrogen) atoms. The van der Waals surface area contributed by atoms with Gasteiger partial charge in [0.2, 0.25) is 0 Å². The maximum Gasteiger partial charge on any atom is 0.267 e. The number of nitrogen functional groups attached to an aromatic ring is 1. The molecule has 0 atom stereocenters. The van der Waals surface area contributed by atoms with Crippen molar-refractivity contribution < 1.29 is 4.79 Å². The van der Waals surface area contributed by atoms with Gasteiger partial charge in [0.15, 0.2) is 5.13 Å². The number of hydrogen-bond acceptors (Lipinski definition) is 6. The topological polar surface area (TPSA) is 83.3 Å². The van der Waals surface area contributed by atoms with Crippen LogP contribution < -0.4 is 16.4 Å². The molecule has 0 aliphatic heterocycles. The molecule has 1 amide bonds. The van der Waals surface area contributed by atoms with E-state index in [4.69, 9.17) is 5.73 Å². The summed E-state index contributed by atoms with van der Waals surface area (Å²) in [5.74, 6) is 0.199. The van der Waals surface area contributed by atoms with Crippen molar-refractivity contribution in [3.63, 3.8) is 0 Å². The molecule has 4 N–H and O–H groups in total. The minimum absolute atomic E-state index is 0.0905. The minimum atomic E-state index is -0.108. The van der Waals surface area contributed by atoms with Crippen LogP contribution in [0.2, 0.25) is 0 Å². The Hall–Kier alpha value is -1.34. The largest absolute Gasteiger partial charge is 0.382 e. The second-order valence-corrected chi connectivity index (χ2v) is 6.44. The second-order valence-electron chi connectivity index (χ2n) is 5.44. The van der Waals surface area contributed by atoms with Crippen molar-refractivity contribution in [2.24, 2.45) is 0 Å². The number of nitrogens with one attached hydrogen (secondary N) is 2. The summed E-state index contributed by atoms with van der Waals surface area (Å²) in [6, 6.07) is 0. The van der Waals surface area contributed by atoms with Gasteiger partial charge in [0.1, 0.15) is 10.7 Å². The summed E-state index contributed by atoms with van der Waals surface area (Å²) in [4.78, 5) is 18.5. The Labute approximate surface area is 118 Å². The predicted molar refractivity (Wildman–Crippen MR) is 80.8 cm³/mol. The Bertz CT molecular complexity index is 438. The standard InChI is InChI=1S/C12H23N5OS/c1-12(2,3)16-11-15-9(13)8(19-11)10(18)17(5)7-6-14-4/h14H,6-7,13H2,1-5H3,(H,15,16). The van der Waals surface area contributed by atoms with Gasteiger partial charge in [-0.1, -0.05) is 11.3 Å². The van der Waals surface area contributed by atoms with Crippen molar-refractivity contribution in [1.82, 2.24) is 15.2 Å². The van der Waals surface area contributed by atoms with Gasteiger partial charge in [-0.15, -0.1) is 0 Å². The van der Waals surface area contributed by atoms with E-state index in [2.05, 4.69) is 15.6 Å². The molecule has 1 heterocycles. The molecule has 1 aromatic rings. The van der Waals surface area contributed by atoms with Crippen LogP contribution in [0.25, 0.3) is 0 Å². The quantitative estimate of drug-likeness (QED) is 0.758. The molecule has 0 saturated heterocycles. The number of likely N-dealkylation sites (N-methyl/N-ethyl adjacent to an activating group) is 2. The number of anilines is 2. The Kier molecular flexibility index (Phi) is 5.13. The molecular weight excluding hydrogens is 262 g/mol. The normalized spacial score (nSPS) is 11.4. The first-order valence-corrected chi connectivity index (χ1v) is 7.01. The highest BCUT2D eigenvalue weighted by Gasteiger charge is 2.21. The van der Waals surface area contributed by atoms with E-state index in [0.29, 0.717) is 16.6 Å². The van der Waals surface area contributed by atoms with Crippen molar-refractivity contribution >= 4 is 28.2 Å². The van der Waals surface area contributed by atoms with Gasteiger partial charge in [-0.25, -0.2) is 4.98 Å². The summed E-state index contributed by atoms with van der Waals surface area (Å²) in [5, 5.41) is 6.91. The molecular formula is C12H23N5OS. The molecule has 6 nitrogen and oxygen atoms in total. The van der Waals surface area contributed by atoms with Crippen LogP contribution in [0, 0.1) is 0 Å². The number of carbonyl (C=O) groups is 1. The zero-order valence-corrected chi connectivity index (χ0v) is 13.0. The SMILES string of the molecule is CNCCN(C)C(=O)c1sc(NC(C)(C)C)nc1N. The Balaban J connectivity index is 2.81. The van der Waals surface area contributed by atoms with E-state index in [0.717, 1.165) is 6.54 Å². The number of hydrogen-bond donors (Lipinski definition) is 3. The van der Waals surface area contributed by atoms with E-state index in [1.54, 1.807) is 11.9 Å². The highest BCUT2D eigenvalue weighted by Crippen LogP contribution is 2.28. The lowest BCUT2D eigenvalue weighted by atomic mass is 10.1. The molecule has 108 valence electrons. The van der Waals surface area contributed by atoms with Gasteiger partial charge >= 0.3 is 0 Å². The van der Waals surface area contributed by atoms with Gasteiger partial charge in [-0.3, -0.25) is 4.79 Å². The van der Waals surface area contributed by atoms with Gasteiger partial charge in [0.25, 0.3) is 5.91 Å². The molecule has 0 radical (unpaired) electrons. The molecule has 0 fully saturated rings. The van der Waals surface area contributed by atoms with Crippen molar-refractivity contribution in [1.29, 1.82) is 0 Å². The lowest BCUT2D eigenvalue weighted by molar-refractivity contribution is 0.0802. The molecule has 7 heteroatoms. The van der Waals surface area contributed by atoms with Crippen molar-refractivity contribution in [3.8, 4) is 0 Å². The maximum atomic E-state index is 12.2. The van der Waals surface area contributed by atoms with E-state index in [1.807, 2.05) is 27.8 Å². The van der Waals surface area contributed by atoms with E-state index in [-0.39, 0.29) is 17.3 Å². The number of nitrogens with two attached hydrogens (primary N) is 1. The third-order valence-electron chi connectivity index (χ3n) is 2.37. The summed E-state index contributed by atoms with van der Waals surface area (Å²) in [6.07, 6.45) is 0. The van der Waals surface area contributed by atoms with Crippen LogP contribution >= 0.6 is 11.3 Å². The summed E-state index contributed by atoms with van der Waals surface area (Å²) in [7, 11) is 3.61. The molecule has 1 rings (SSSR count). The van der Waals surface area contributed by atoms with Gasteiger partial charge in [-0.05, 0) is 27.8 Å². The highest BCUT2D eigenvalue weighted by atomic mass is 32.1. The number of aromatic nitrogens is 1. The van der Waals surface area contributed by atoms with Crippen molar-refractivity contribution in [2.45, 2.75) is 26.3 Å². The monoisotopic (exact) mass is 285 g/mol. The summed E-state index contributed by atoms with van der Waals surface area (Å²) in [5.41, 5.74) is 5.72. The van der Waals surface area contributed by atoms with E-state index < -0.39 is 0 Å². The van der Waals surface area contributed by atoms with Crippen LogP contribution in [-0.4, -0.2) is 48.5 Å². The van der Waals surface area contributed by atoms with Crippen LogP contribution in [0.4, 0.5) is 10.9 Å². The fourth-order valence-corrected chi connectivity index (χ4v) is 2.50. The average molecular weight is 285 g/mol. The second kappa shape index (κ2) is 6.21. The smallest absolute Gasteiger partial charge is 0.267 e. The highest BCUT2D eigenvalue weighted by molar-refractivity contribution is 7.18. The van der Waals surface area contributed by atoms with E-state index in [1.165, 1.54) is 11.3 Å². The fraction of sp³-hybridized carbons (Fsp3) is 0.667. The number of rotatable bonds is 5. The van der Waals surface area contributed by atoms with E-state index >= 15 is 0 Å². The third-order valence-corrected chi connectivity index (χ3v) is 3.35. The van der Waals surface area contributed by atoms with E-state index in [9.17, 15) is 4.79 Å². The molecule has 0 saturated carbocycles. The number of carbonyl (C=O) groups excluding carboxylic acids is 1.